The Balaban J connectivity index is 1.59. The van der Waals surface area contributed by atoms with E-state index >= 15 is 0 Å². The third kappa shape index (κ3) is 3.42. The van der Waals surface area contributed by atoms with Crippen molar-refractivity contribution in [1.82, 2.24) is 9.97 Å². The summed E-state index contributed by atoms with van der Waals surface area (Å²) in [5.74, 6) is -0.881. The Bertz CT molecular complexity index is 1180. The number of furan rings is 1. The molecule has 9 nitrogen and oxygen atoms in total. The first kappa shape index (κ1) is 16.9. The number of halogens is 1. The van der Waals surface area contributed by atoms with Crippen molar-refractivity contribution in [3.05, 3.63) is 69.1 Å². The van der Waals surface area contributed by atoms with Crippen molar-refractivity contribution in [2.45, 2.75) is 0 Å². The number of fused-ring (bicyclic) bond motifs is 1. The van der Waals surface area contributed by atoms with Crippen LogP contribution in [0.1, 0.15) is 10.6 Å². The number of hydrogen-bond acceptors (Lipinski definition) is 7. The van der Waals surface area contributed by atoms with Crippen molar-refractivity contribution in [3.63, 3.8) is 0 Å². The minimum absolute atomic E-state index is 0.164. The topological polar surface area (TPSA) is 124 Å². The predicted octanol–water partition coefficient (Wildman–Crippen LogP) is 4.41. The van der Waals surface area contributed by atoms with Crippen LogP contribution in [-0.4, -0.2) is 20.8 Å². The molecule has 134 valence electrons. The average molecular weight is 429 g/mol. The van der Waals surface area contributed by atoms with E-state index in [0.29, 0.717) is 28.2 Å². The van der Waals surface area contributed by atoms with E-state index in [1.54, 1.807) is 30.6 Å². The van der Waals surface area contributed by atoms with E-state index in [2.05, 4.69) is 31.2 Å². The average Bonchev–Trinajstić information content (AvgIpc) is 3.28. The number of anilines is 1. The summed E-state index contributed by atoms with van der Waals surface area (Å²) in [7, 11) is 0. The highest BCUT2D eigenvalue weighted by atomic mass is 79.9. The number of benzene rings is 1. The number of nitro groups is 1. The summed E-state index contributed by atoms with van der Waals surface area (Å²) in [5, 5.41) is 13.2. The molecule has 0 aliphatic heterocycles. The van der Waals surface area contributed by atoms with Gasteiger partial charge in [-0.15, -0.1) is 0 Å². The third-order valence-corrected chi connectivity index (χ3v) is 4.03. The fourth-order valence-corrected chi connectivity index (χ4v) is 2.76. The van der Waals surface area contributed by atoms with Crippen molar-refractivity contribution in [2.24, 2.45) is 0 Å². The molecule has 0 saturated carbocycles. The van der Waals surface area contributed by atoms with Gasteiger partial charge in [-0.05, 0) is 46.3 Å². The molecule has 0 saturated heterocycles. The fourth-order valence-electron chi connectivity index (χ4n) is 2.40. The van der Waals surface area contributed by atoms with Crippen molar-refractivity contribution in [3.8, 4) is 11.5 Å². The van der Waals surface area contributed by atoms with Crippen LogP contribution in [0.2, 0.25) is 0 Å². The van der Waals surface area contributed by atoms with E-state index in [4.69, 9.17) is 8.83 Å². The number of aromatic nitrogens is 2. The van der Waals surface area contributed by atoms with E-state index in [1.807, 2.05) is 6.07 Å². The first-order valence-corrected chi connectivity index (χ1v) is 8.36. The van der Waals surface area contributed by atoms with E-state index < -0.39 is 16.7 Å². The minimum Gasteiger partial charge on any atom is -0.436 e. The zero-order valence-corrected chi connectivity index (χ0v) is 15.0. The standard InChI is InChI=1S/C17H9BrN4O5/c18-10-5-9(7-19-8-10)17-21-12-6-11(1-2-13(12)27-17)20-16(23)14-3-4-15(26-14)22(24)25/h1-8H,(H,20,23). The molecule has 0 radical (unpaired) electrons. The van der Waals surface area contributed by atoms with E-state index in [0.717, 1.165) is 10.5 Å². The highest BCUT2D eigenvalue weighted by Crippen LogP contribution is 2.27. The molecular formula is C17H9BrN4O5. The maximum atomic E-state index is 12.2. The largest absolute Gasteiger partial charge is 0.436 e. The molecule has 1 N–H and O–H groups in total. The van der Waals surface area contributed by atoms with Crippen LogP contribution in [0.5, 0.6) is 0 Å². The van der Waals surface area contributed by atoms with Gasteiger partial charge in [0.2, 0.25) is 5.89 Å². The lowest BCUT2D eigenvalue weighted by molar-refractivity contribution is -0.402. The quantitative estimate of drug-likeness (QED) is 0.376. The lowest BCUT2D eigenvalue weighted by atomic mass is 10.2. The molecule has 1 aromatic carbocycles. The smallest absolute Gasteiger partial charge is 0.433 e. The Kier molecular flexibility index (Phi) is 4.16. The second-order valence-electron chi connectivity index (χ2n) is 5.44. The molecule has 0 bridgehead atoms. The zero-order chi connectivity index (χ0) is 19.0. The molecule has 1 amide bonds. The number of carbonyl (C=O) groups is 1. The van der Waals surface area contributed by atoms with Crippen LogP contribution in [0, 0.1) is 10.1 Å². The molecule has 0 aliphatic carbocycles. The van der Waals surface area contributed by atoms with Gasteiger partial charge < -0.3 is 14.2 Å². The van der Waals surface area contributed by atoms with Crippen LogP contribution in [0.15, 0.2) is 62.1 Å². The van der Waals surface area contributed by atoms with Gasteiger partial charge in [0.15, 0.2) is 11.3 Å². The van der Waals surface area contributed by atoms with Gasteiger partial charge in [0, 0.05) is 22.6 Å². The Labute approximate surface area is 159 Å². The molecule has 4 aromatic rings. The van der Waals surface area contributed by atoms with Crippen molar-refractivity contribution < 1.29 is 18.6 Å². The first-order valence-electron chi connectivity index (χ1n) is 7.57. The molecular weight excluding hydrogens is 420 g/mol. The van der Waals surface area contributed by atoms with E-state index in [9.17, 15) is 14.9 Å². The summed E-state index contributed by atoms with van der Waals surface area (Å²) in [6.45, 7) is 0. The van der Waals surface area contributed by atoms with Crippen LogP contribution in [0.25, 0.3) is 22.6 Å². The first-order chi connectivity index (χ1) is 13.0. The van der Waals surface area contributed by atoms with Crippen LogP contribution in [0.3, 0.4) is 0 Å². The van der Waals surface area contributed by atoms with E-state index in [1.165, 1.54) is 6.07 Å². The maximum Gasteiger partial charge on any atom is 0.433 e. The highest BCUT2D eigenvalue weighted by molar-refractivity contribution is 9.10. The summed E-state index contributed by atoms with van der Waals surface area (Å²) in [6.07, 6.45) is 3.28. The lowest BCUT2D eigenvalue weighted by Crippen LogP contribution is -2.10. The number of rotatable bonds is 4. The van der Waals surface area contributed by atoms with Crippen molar-refractivity contribution in [2.75, 3.05) is 5.32 Å². The maximum absolute atomic E-state index is 12.2. The van der Waals surface area contributed by atoms with Gasteiger partial charge in [-0.25, -0.2) is 4.98 Å². The summed E-state index contributed by atoms with van der Waals surface area (Å²) in [4.78, 5) is 30.6. The summed E-state index contributed by atoms with van der Waals surface area (Å²) in [5.41, 5.74) is 2.22. The normalized spacial score (nSPS) is 10.9. The van der Waals surface area contributed by atoms with Crippen LogP contribution < -0.4 is 5.32 Å². The van der Waals surface area contributed by atoms with Gasteiger partial charge in [0.1, 0.15) is 10.4 Å². The van der Waals surface area contributed by atoms with Gasteiger partial charge in [-0.1, -0.05) is 0 Å². The fraction of sp³-hybridized carbons (Fsp3) is 0. The Morgan fingerprint density at radius 3 is 2.74 bits per heavy atom. The Hall–Kier alpha value is -3.53. The Morgan fingerprint density at radius 1 is 1.15 bits per heavy atom. The summed E-state index contributed by atoms with van der Waals surface area (Å²) in [6, 6.07) is 9.10. The minimum atomic E-state index is -0.712. The monoisotopic (exact) mass is 428 g/mol. The second kappa shape index (κ2) is 6.65. The number of nitrogens with one attached hydrogen (secondary N) is 1. The molecule has 4 rings (SSSR count). The second-order valence-corrected chi connectivity index (χ2v) is 6.36. The molecule has 0 fully saturated rings. The number of oxazole rings is 1. The summed E-state index contributed by atoms with van der Waals surface area (Å²) >= 11 is 3.34. The molecule has 10 heteroatoms. The van der Waals surface area contributed by atoms with Crippen LogP contribution >= 0.6 is 15.9 Å². The van der Waals surface area contributed by atoms with Gasteiger partial charge in [0.25, 0.3) is 5.91 Å². The zero-order valence-electron chi connectivity index (χ0n) is 13.4. The molecule has 0 unspecified atom stereocenters. The SMILES string of the molecule is O=C(Nc1ccc2oc(-c3cncc(Br)c3)nc2c1)c1ccc([N+](=O)[O-])o1. The third-order valence-electron chi connectivity index (χ3n) is 3.59. The molecule has 3 heterocycles. The highest BCUT2D eigenvalue weighted by Gasteiger charge is 2.18. The van der Waals surface area contributed by atoms with E-state index in [-0.39, 0.29) is 5.76 Å². The van der Waals surface area contributed by atoms with Gasteiger partial charge >= 0.3 is 5.88 Å². The predicted molar refractivity (Wildman–Crippen MR) is 98.3 cm³/mol. The van der Waals surface area contributed by atoms with Gasteiger partial charge in [0.05, 0.1) is 11.6 Å². The molecule has 0 aliphatic rings. The van der Waals surface area contributed by atoms with Crippen molar-refractivity contribution >= 4 is 44.5 Å². The number of carbonyl (C=O) groups excluding carboxylic acids is 1. The van der Waals surface area contributed by atoms with Crippen molar-refractivity contribution in [1.29, 1.82) is 0 Å². The number of nitrogens with zero attached hydrogens (tertiary/aromatic N) is 3. The van der Waals surface area contributed by atoms with Gasteiger partial charge in [-0.2, -0.15) is 0 Å². The molecule has 0 spiro atoms. The lowest BCUT2D eigenvalue weighted by Gasteiger charge is -2.01. The van der Waals surface area contributed by atoms with Crippen LogP contribution in [-0.2, 0) is 0 Å². The molecule has 27 heavy (non-hydrogen) atoms. The van der Waals surface area contributed by atoms with Gasteiger partial charge in [-0.3, -0.25) is 19.9 Å². The Morgan fingerprint density at radius 2 is 2.00 bits per heavy atom. The number of amides is 1. The molecule has 0 atom stereocenters. The molecule has 3 aromatic heterocycles. The number of pyridine rings is 1. The number of hydrogen-bond donors (Lipinski definition) is 1. The van der Waals surface area contributed by atoms with Crippen LogP contribution in [0.4, 0.5) is 11.6 Å². The summed E-state index contributed by atoms with van der Waals surface area (Å²) < 4.78 is 11.4.